The minimum atomic E-state index is 0.599. The molecule has 0 bridgehead atoms. The van der Waals surface area contributed by atoms with Crippen molar-refractivity contribution in [1.82, 2.24) is 10.2 Å². The molecule has 1 rings (SSSR count). The van der Waals surface area contributed by atoms with Crippen molar-refractivity contribution >= 4 is 0 Å². The predicted molar refractivity (Wildman–Crippen MR) is 42.7 cm³/mol. The number of terminal acetylenes is 1. The minimum absolute atomic E-state index is 0.599. The summed E-state index contributed by atoms with van der Waals surface area (Å²) in [7, 11) is 0. The topological polar surface area (TPSA) is 15.3 Å². The van der Waals surface area contributed by atoms with Gasteiger partial charge in [-0.25, -0.2) is 0 Å². The van der Waals surface area contributed by atoms with Crippen LogP contribution in [-0.2, 0) is 0 Å². The van der Waals surface area contributed by atoms with Crippen LogP contribution in [0.5, 0.6) is 0 Å². The normalized spacial score (nSPS) is 27.8. The average Bonchev–Trinajstić information content (AvgIpc) is 1.88. The summed E-state index contributed by atoms with van der Waals surface area (Å²) in [5, 5.41) is 3.36. The third-order valence-corrected chi connectivity index (χ3v) is 1.77. The quantitative estimate of drug-likeness (QED) is 0.510. The Labute approximate surface area is 62.6 Å². The molecule has 2 nitrogen and oxygen atoms in total. The van der Waals surface area contributed by atoms with E-state index in [0.29, 0.717) is 6.04 Å². The van der Waals surface area contributed by atoms with Crippen LogP contribution in [0.3, 0.4) is 0 Å². The Kier molecular flexibility index (Phi) is 2.73. The molecule has 1 aliphatic rings. The van der Waals surface area contributed by atoms with Gasteiger partial charge in [0.05, 0.1) is 6.54 Å². The van der Waals surface area contributed by atoms with Crippen LogP contribution in [0.25, 0.3) is 0 Å². The molecule has 0 aromatic heterocycles. The molecular weight excluding hydrogens is 124 g/mol. The number of nitrogens with one attached hydrogen (secondary N) is 1. The summed E-state index contributed by atoms with van der Waals surface area (Å²) in [6.45, 7) is 6.23. The van der Waals surface area contributed by atoms with Crippen molar-refractivity contribution < 1.29 is 0 Å². The van der Waals surface area contributed by atoms with Crippen molar-refractivity contribution in [2.45, 2.75) is 13.0 Å². The molecule has 0 radical (unpaired) electrons. The molecule has 56 valence electrons. The van der Waals surface area contributed by atoms with Crippen LogP contribution in [0.2, 0.25) is 0 Å². The lowest BCUT2D eigenvalue weighted by molar-refractivity contribution is 0.229. The SMILES string of the molecule is C#CCN1CCN[C@@H](C)C1. The molecule has 0 spiro atoms. The molecule has 0 aromatic rings. The smallest absolute Gasteiger partial charge is 0.0599 e. The van der Waals surface area contributed by atoms with Crippen LogP contribution in [0.15, 0.2) is 0 Å². The van der Waals surface area contributed by atoms with Crippen molar-refractivity contribution in [1.29, 1.82) is 0 Å². The maximum absolute atomic E-state index is 5.19. The van der Waals surface area contributed by atoms with Gasteiger partial charge in [0.1, 0.15) is 0 Å². The molecule has 1 atom stereocenters. The van der Waals surface area contributed by atoms with Gasteiger partial charge in [-0.2, -0.15) is 0 Å². The molecule has 1 heterocycles. The van der Waals surface area contributed by atoms with Gasteiger partial charge < -0.3 is 5.32 Å². The summed E-state index contributed by atoms with van der Waals surface area (Å²) < 4.78 is 0. The summed E-state index contributed by atoms with van der Waals surface area (Å²) in [5.74, 6) is 2.66. The van der Waals surface area contributed by atoms with E-state index in [-0.39, 0.29) is 0 Å². The first-order chi connectivity index (χ1) is 4.83. The molecule has 1 aliphatic heterocycles. The Balaban J connectivity index is 2.27. The van der Waals surface area contributed by atoms with Crippen molar-refractivity contribution in [3.05, 3.63) is 0 Å². The first kappa shape index (κ1) is 7.59. The molecule has 10 heavy (non-hydrogen) atoms. The van der Waals surface area contributed by atoms with Gasteiger partial charge in [0, 0.05) is 25.7 Å². The van der Waals surface area contributed by atoms with Gasteiger partial charge in [0.15, 0.2) is 0 Å². The highest BCUT2D eigenvalue weighted by atomic mass is 15.2. The second-order valence-corrected chi connectivity index (χ2v) is 2.79. The zero-order valence-electron chi connectivity index (χ0n) is 6.43. The molecule has 0 aromatic carbocycles. The van der Waals surface area contributed by atoms with Crippen LogP contribution in [0, 0.1) is 12.3 Å². The average molecular weight is 138 g/mol. The third kappa shape index (κ3) is 2.02. The Morgan fingerprint density at radius 3 is 3.20 bits per heavy atom. The first-order valence-corrected chi connectivity index (χ1v) is 3.72. The van der Waals surface area contributed by atoms with Gasteiger partial charge in [0.2, 0.25) is 0 Å². The minimum Gasteiger partial charge on any atom is -0.312 e. The molecule has 0 saturated carbocycles. The van der Waals surface area contributed by atoms with E-state index in [4.69, 9.17) is 6.42 Å². The highest BCUT2D eigenvalue weighted by Crippen LogP contribution is 1.96. The van der Waals surface area contributed by atoms with Crippen LogP contribution in [0.4, 0.5) is 0 Å². The van der Waals surface area contributed by atoms with E-state index in [1.165, 1.54) is 0 Å². The lowest BCUT2D eigenvalue weighted by Crippen LogP contribution is -2.49. The molecule has 1 saturated heterocycles. The highest BCUT2D eigenvalue weighted by molar-refractivity contribution is 4.90. The molecule has 1 N–H and O–H groups in total. The summed E-state index contributed by atoms with van der Waals surface area (Å²) in [6, 6.07) is 0.599. The maximum Gasteiger partial charge on any atom is 0.0599 e. The molecule has 1 fully saturated rings. The Morgan fingerprint density at radius 2 is 2.60 bits per heavy atom. The summed E-state index contributed by atoms with van der Waals surface area (Å²) in [6.07, 6.45) is 5.19. The molecular formula is C8H14N2. The fourth-order valence-corrected chi connectivity index (χ4v) is 1.28. The number of rotatable bonds is 1. The Morgan fingerprint density at radius 1 is 1.80 bits per heavy atom. The van der Waals surface area contributed by atoms with E-state index < -0.39 is 0 Å². The molecule has 2 heteroatoms. The van der Waals surface area contributed by atoms with Crippen LogP contribution < -0.4 is 5.32 Å². The van der Waals surface area contributed by atoms with Gasteiger partial charge >= 0.3 is 0 Å². The van der Waals surface area contributed by atoms with Gasteiger partial charge in [-0.1, -0.05) is 5.92 Å². The number of hydrogen-bond acceptors (Lipinski definition) is 2. The molecule has 0 unspecified atom stereocenters. The van der Waals surface area contributed by atoms with Gasteiger partial charge in [0.25, 0.3) is 0 Å². The van der Waals surface area contributed by atoms with Crippen LogP contribution in [0.1, 0.15) is 6.92 Å². The van der Waals surface area contributed by atoms with E-state index >= 15 is 0 Å². The van der Waals surface area contributed by atoms with E-state index in [1.54, 1.807) is 0 Å². The number of hydrogen-bond donors (Lipinski definition) is 1. The first-order valence-electron chi connectivity index (χ1n) is 3.72. The van der Waals surface area contributed by atoms with Crippen LogP contribution in [-0.4, -0.2) is 37.1 Å². The van der Waals surface area contributed by atoms with Gasteiger partial charge in [-0.15, -0.1) is 6.42 Å². The fraction of sp³-hybridized carbons (Fsp3) is 0.750. The lowest BCUT2D eigenvalue weighted by Gasteiger charge is -2.30. The van der Waals surface area contributed by atoms with Crippen molar-refractivity contribution in [2.75, 3.05) is 26.2 Å². The highest BCUT2D eigenvalue weighted by Gasteiger charge is 2.13. The van der Waals surface area contributed by atoms with Crippen LogP contribution >= 0.6 is 0 Å². The maximum atomic E-state index is 5.19. The standard InChI is InChI=1S/C8H14N2/c1-3-5-10-6-4-9-8(2)7-10/h1,8-9H,4-7H2,2H3/t8-/m0/s1. The lowest BCUT2D eigenvalue weighted by atomic mass is 10.2. The molecule has 0 amide bonds. The van der Waals surface area contributed by atoms with Gasteiger partial charge in [-0.3, -0.25) is 4.90 Å². The summed E-state index contributed by atoms with van der Waals surface area (Å²) >= 11 is 0. The zero-order chi connectivity index (χ0) is 7.40. The predicted octanol–water partition coefficient (Wildman–Crippen LogP) is -0.0867. The van der Waals surface area contributed by atoms with Crippen molar-refractivity contribution in [3.63, 3.8) is 0 Å². The number of nitrogens with zero attached hydrogens (tertiary/aromatic N) is 1. The monoisotopic (exact) mass is 138 g/mol. The summed E-state index contributed by atoms with van der Waals surface area (Å²) in [5.41, 5.74) is 0. The second-order valence-electron chi connectivity index (χ2n) is 2.79. The molecule has 0 aliphatic carbocycles. The van der Waals surface area contributed by atoms with Crippen molar-refractivity contribution in [3.8, 4) is 12.3 Å². The van der Waals surface area contributed by atoms with E-state index in [2.05, 4.69) is 23.1 Å². The Hall–Kier alpha value is -0.520. The van der Waals surface area contributed by atoms with Crippen molar-refractivity contribution in [2.24, 2.45) is 0 Å². The third-order valence-electron chi connectivity index (χ3n) is 1.77. The second kappa shape index (κ2) is 3.60. The van der Waals surface area contributed by atoms with Gasteiger partial charge in [-0.05, 0) is 6.92 Å². The zero-order valence-corrected chi connectivity index (χ0v) is 6.43. The summed E-state index contributed by atoms with van der Waals surface area (Å²) in [4.78, 5) is 2.29. The Bertz CT molecular complexity index is 137. The number of piperazine rings is 1. The fourth-order valence-electron chi connectivity index (χ4n) is 1.28. The van der Waals surface area contributed by atoms with E-state index in [0.717, 1.165) is 26.2 Å². The van der Waals surface area contributed by atoms with E-state index in [9.17, 15) is 0 Å². The van der Waals surface area contributed by atoms with E-state index in [1.807, 2.05) is 0 Å². The largest absolute Gasteiger partial charge is 0.312 e.